The van der Waals surface area contributed by atoms with E-state index in [0.29, 0.717) is 17.7 Å². The van der Waals surface area contributed by atoms with E-state index in [1.54, 1.807) is 0 Å². The molecule has 5 nitrogen and oxygen atoms in total. The number of nitrogens with one attached hydrogen (secondary N) is 1. The molecule has 1 aromatic heterocycles. The molecular formula is C14H21N3O2S. The summed E-state index contributed by atoms with van der Waals surface area (Å²) in [6.45, 7) is 0.885. The summed E-state index contributed by atoms with van der Waals surface area (Å²) in [7, 11) is -2.85. The van der Waals surface area contributed by atoms with E-state index in [4.69, 9.17) is 0 Å². The van der Waals surface area contributed by atoms with Crippen LogP contribution in [0.3, 0.4) is 0 Å². The molecule has 4 rings (SSSR count). The molecule has 3 aliphatic rings. The largest absolute Gasteiger partial charge is 0.310 e. The maximum atomic E-state index is 11.7. The van der Waals surface area contributed by atoms with E-state index < -0.39 is 9.84 Å². The Kier molecular flexibility index (Phi) is 2.93. The van der Waals surface area contributed by atoms with Gasteiger partial charge >= 0.3 is 0 Å². The van der Waals surface area contributed by atoms with E-state index in [0.717, 1.165) is 13.0 Å². The van der Waals surface area contributed by atoms with E-state index >= 15 is 0 Å². The van der Waals surface area contributed by atoms with Crippen molar-refractivity contribution in [2.75, 3.05) is 11.5 Å². The molecule has 1 aliphatic heterocycles. The van der Waals surface area contributed by atoms with Crippen LogP contribution in [0.25, 0.3) is 0 Å². The van der Waals surface area contributed by atoms with Gasteiger partial charge in [-0.25, -0.2) is 8.42 Å². The molecule has 1 aromatic rings. The molecule has 6 heteroatoms. The van der Waals surface area contributed by atoms with Crippen LogP contribution < -0.4 is 5.32 Å². The molecule has 0 amide bonds. The van der Waals surface area contributed by atoms with Crippen LogP contribution in [-0.2, 0) is 16.4 Å². The first-order valence-electron chi connectivity index (χ1n) is 7.62. The molecule has 2 heterocycles. The highest BCUT2D eigenvalue weighted by Crippen LogP contribution is 2.43. The second-order valence-electron chi connectivity index (χ2n) is 6.49. The molecule has 0 bridgehead atoms. The molecule has 1 atom stereocenters. The molecule has 1 unspecified atom stereocenters. The quantitative estimate of drug-likeness (QED) is 0.891. The van der Waals surface area contributed by atoms with Crippen LogP contribution in [-0.4, -0.2) is 35.7 Å². The Morgan fingerprint density at radius 3 is 2.65 bits per heavy atom. The molecule has 3 fully saturated rings. The number of sulfone groups is 1. The van der Waals surface area contributed by atoms with Crippen LogP contribution in [0.2, 0.25) is 0 Å². The first kappa shape index (κ1) is 12.8. The summed E-state index contributed by atoms with van der Waals surface area (Å²) in [5, 5.41) is 8.08. The van der Waals surface area contributed by atoms with Crippen molar-refractivity contribution in [1.82, 2.24) is 15.1 Å². The van der Waals surface area contributed by atoms with Crippen molar-refractivity contribution in [3.05, 3.63) is 17.5 Å². The average molecular weight is 295 g/mol. The van der Waals surface area contributed by atoms with Crippen LogP contribution in [0.15, 0.2) is 6.20 Å². The van der Waals surface area contributed by atoms with Gasteiger partial charge in [0.1, 0.15) is 0 Å². The fourth-order valence-corrected chi connectivity index (χ4v) is 4.84. The van der Waals surface area contributed by atoms with Crippen LogP contribution in [0.4, 0.5) is 0 Å². The Morgan fingerprint density at radius 2 is 2.05 bits per heavy atom. The smallest absolute Gasteiger partial charge is 0.152 e. The van der Waals surface area contributed by atoms with Gasteiger partial charge in [-0.05, 0) is 32.1 Å². The van der Waals surface area contributed by atoms with Crippen molar-refractivity contribution < 1.29 is 8.42 Å². The fourth-order valence-electron chi connectivity index (χ4n) is 3.15. The van der Waals surface area contributed by atoms with Crippen LogP contribution in [0.1, 0.15) is 55.3 Å². The van der Waals surface area contributed by atoms with E-state index in [1.807, 2.05) is 10.9 Å². The van der Waals surface area contributed by atoms with E-state index in [9.17, 15) is 8.42 Å². The number of rotatable bonds is 5. The Bertz CT molecular complexity index is 614. The number of aromatic nitrogens is 2. The summed E-state index contributed by atoms with van der Waals surface area (Å²) in [6, 6.07) is 0.752. The first-order chi connectivity index (χ1) is 9.62. The third kappa shape index (κ3) is 2.51. The van der Waals surface area contributed by atoms with Crippen molar-refractivity contribution >= 4 is 9.84 Å². The van der Waals surface area contributed by atoms with E-state index in [2.05, 4.69) is 10.4 Å². The number of nitrogens with zero attached hydrogens (tertiary/aromatic N) is 2. The molecule has 0 radical (unpaired) electrons. The predicted molar refractivity (Wildman–Crippen MR) is 76.4 cm³/mol. The molecule has 2 aliphatic carbocycles. The van der Waals surface area contributed by atoms with Gasteiger partial charge in [-0.2, -0.15) is 5.10 Å². The van der Waals surface area contributed by atoms with Gasteiger partial charge in [-0.15, -0.1) is 0 Å². The van der Waals surface area contributed by atoms with Crippen molar-refractivity contribution in [2.45, 2.75) is 56.7 Å². The maximum absolute atomic E-state index is 11.7. The van der Waals surface area contributed by atoms with Gasteiger partial charge in [-0.3, -0.25) is 4.68 Å². The van der Waals surface area contributed by atoms with Crippen LogP contribution in [0, 0.1) is 0 Å². The fraction of sp³-hybridized carbons (Fsp3) is 0.786. The second-order valence-corrected chi connectivity index (χ2v) is 8.71. The van der Waals surface area contributed by atoms with Crippen molar-refractivity contribution in [3.8, 4) is 0 Å². The zero-order valence-electron chi connectivity index (χ0n) is 11.6. The van der Waals surface area contributed by atoms with Crippen LogP contribution in [0.5, 0.6) is 0 Å². The lowest BCUT2D eigenvalue weighted by Crippen LogP contribution is -2.18. The van der Waals surface area contributed by atoms with Gasteiger partial charge in [0.25, 0.3) is 0 Å². The Morgan fingerprint density at radius 1 is 1.25 bits per heavy atom. The van der Waals surface area contributed by atoms with E-state index in [-0.39, 0.29) is 11.8 Å². The summed E-state index contributed by atoms with van der Waals surface area (Å²) < 4.78 is 25.4. The molecule has 2 saturated carbocycles. The average Bonchev–Trinajstić information content (AvgIpc) is 3.32. The summed E-state index contributed by atoms with van der Waals surface area (Å²) in [4.78, 5) is 0. The zero-order chi connectivity index (χ0) is 13.7. The monoisotopic (exact) mass is 295 g/mol. The van der Waals surface area contributed by atoms with Gasteiger partial charge < -0.3 is 5.32 Å². The topological polar surface area (TPSA) is 64.0 Å². The van der Waals surface area contributed by atoms with Crippen LogP contribution >= 0.6 is 0 Å². The lowest BCUT2D eigenvalue weighted by atomic mass is 10.1. The third-order valence-electron chi connectivity index (χ3n) is 4.59. The lowest BCUT2D eigenvalue weighted by Gasteiger charge is -2.14. The highest BCUT2D eigenvalue weighted by atomic mass is 32.2. The van der Waals surface area contributed by atoms with Gasteiger partial charge in [-0.1, -0.05) is 0 Å². The third-order valence-corrected chi connectivity index (χ3v) is 6.34. The summed E-state index contributed by atoms with van der Waals surface area (Å²) in [6.07, 6.45) is 7.69. The Hall–Kier alpha value is -0.880. The summed E-state index contributed by atoms with van der Waals surface area (Å²) in [5.74, 6) is 1.19. The van der Waals surface area contributed by atoms with Crippen molar-refractivity contribution in [1.29, 1.82) is 0 Å². The predicted octanol–water partition coefficient (Wildman–Crippen LogP) is 1.37. The molecular weight excluding hydrogens is 274 g/mol. The molecule has 110 valence electrons. The van der Waals surface area contributed by atoms with Crippen molar-refractivity contribution in [3.63, 3.8) is 0 Å². The minimum atomic E-state index is -2.85. The van der Waals surface area contributed by atoms with Gasteiger partial charge in [0, 0.05) is 29.8 Å². The zero-order valence-corrected chi connectivity index (χ0v) is 12.4. The highest BCUT2D eigenvalue weighted by molar-refractivity contribution is 7.91. The Labute approximate surface area is 119 Å². The second kappa shape index (κ2) is 4.56. The minimum absolute atomic E-state index is 0.0604. The molecule has 0 aromatic carbocycles. The molecule has 1 N–H and O–H groups in total. The maximum Gasteiger partial charge on any atom is 0.152 e. The minimum Gasteiger partial charge on any atom is -0.310 e. The molecule has 0 spiro atoms. The first-order valence-corrected chi connectivity index (χ1v) is 9.44. The van der Waals surface area contributed by atoms with Crippen molar-refractivity contribution in [2.24, 2.45) is 0 Å². The summed E-state index contributed by atoms with van der Waals surface area (Å²) >= 11 is 0. The van der Waals surface area contributed by atoms with E-state index in [1.165, 1.54) is 36.9 Å². The van der Waals surface area contributed by atoms with Gasteiger partial charge in [0.15, 0.2) is 9.84 Å². The lowest BCUT2D eigenvalue weighted by molar-refractivity contribution is 0.479. The van der Waals surface area contributed by atoms with Gasteiger partial charge in [0.05, 0.1) is 23.7 Å². The molecule has 1 saturated heterocycles. The highest BCUT2D eigenvalue weighted by Gasteiger charge is 2.36. The normalized spacial score (nSPS) is 28.9. The van der Waals surface area contributed by atoms with Gasteiger partial charge in [0.2, 0.25) is 0 Å². The molecule has 20 heavy (non-hydrogen) atoms. The number of hydrogen-bond acceptors (Lipinski definition) is 4. The summed E-state index contributed by atoms with van der Waals surface area (Å²) in [5.41, 5.74) is 2.59. The standard InChI is InChI=1S/C14H21N3O2S/c18-20(19)6-5-13(9-20)17-14(10-1-2-10)11(8-16-17)7-15-12-3-4-12/h8,10,12-13,15H,1-7,9H2. The Balaban J connectivity index is 1.58. The number of hydrogen-bond donors (Lipinski definition) is 1. The SMILES string of the molecule is O=S1(=O)CCC(n2ncc(CNC3CC3)c2C2CC2)C1.